The monoisotopic (exact) mass is 258 g/mol. The molecule has 0 bridgehead atoms. The minimum absolute atomic E-state index is 0.130. The topological polar surface area (TPSA) is 68.3 Å². The molecule has 0 aliphatic heterocycles. The predicted octanol–water partition coefficient (Wildman–Crippen LogP) is 2.55. The van der Waals surface area contributed by atoms with Crippen LogP contribution in [0.25, 0.3) is 10.9 Å². The first-order chi connectivity index (χ1) is 9.11. The number of hydrogen-bond donors (Lipinski definition) is 1. The maximum Gasteiger partial charge on any atom is 0.412 e. The van der Waals surface area contributed by atoms with Crippen LogP contribution in [-0.2, 0) is 0 Å². The lowest BCUT2D eigenvalue weighted by molar-refractivity contribution is 0.101. The number of nitrogens with zero attached hydrogens (tertiary/aromatic N) is 1. The Kier molecular flexibility index (Phi) is 3.75. The van der Waals surface area contributed by atoms with E-state index in [2.05, 4.69) is 10.3 Å². The molecule has 1 heterocycles. The number of pyridine rings is 1. The molecule has 1 amide bonds. The zero-order valence-electron chi connectivity index (χ0n) is 10.8. The van der Waals surface area contributed by atoms with Crippen LogP contribution in [0.1, 0.15) is 24.3 Å². The van der Waals surface area contributed by atoms with Gasteiger partial charge in [-0.25, -0.2) is 9.78 Å². The fourth-order valence-electron chi connectivity index (χ4n) is 1.68. The lowest BCUT2D eigenvalue weighted by Crippen LogP contribution is -2.26. The van der Waals surface area contributed by atoms with Gasteiger partial charge in [0.2, 0.25) is 0 Å². The number of nitrogens with one attached hydrogen (secondary N) is 1. The summed E-state index contributed by atoms with van der Waals surface area (Å²) >= 11 is 0. The summed E-state index contributed by atoms with van der Waals surface area (Å²) < 4.78 is 5.18. The van der Waals surface area contributed by atoms with Crippen molar-refractivity contribution in [2.45, 2.75) is 13.8 Å². The van der Waals surface area contributed by atoms with Crippen LogP contribution in [0.2, 0.25) is 0 Å². The summed E-state index contributed by atoms with van der Waals surface area (Å²) in [5, 5.41) is 3.35. The van der Waals surface area contributed by atoms with Gasteiger partial charge in [0, 0.05) is 18.9 Å². The number of fused-ring (bicyclic) bond motifs is 1. The number of carbonyl (C=O) groups is 2. The second-order valence-corrected chi connectivity index (χ2v) is 4.00. The quantitative estimate of drug-likeness (QED) is 0.859. The van der Waals surface area contributed by atoms with Gasteiger partial charge in [-0.3, -0.25) is 4.79 Å². The van der Waals surface area contributed by atoms with Crippen LogP contribution in [-0.4, -0.2) is 23.4 Å². The summed E-state index contributed by atoms with van der Waals surface area (Å²) in [6.45, 7) is 3.73. The first-order valence-electron chi connectivity index (χ1n) is 5.98. The maximum atomic E-state index is 11.4. The SMILES string of the molecule is CCNC(=O)Oc1cccc2ccc(C(C)=O)nc12. The van der Waals surface area contributed by atoms with E-state index in [0.29, 0.717) is 23.5 Å². The number of benzene rings is 1. The molecule has 0 radical (unpaired) electrons. The molecule has 5 heteroatoms. The van der Waals surface area contributed by atoms with Crippen molar-refractivity contribution >= 4 is 22.8 Å². The van der Waals surface area contributed by atoms with E-state index < -0.39 is 6.09 Å². The van der Waals surface area contributed by atoms with Crippen molar-refractivity contribution in [1.82, 2.24) is 10.3 Å². The smallest absolute Gasteiger partial charge is 0.408 e. The van der Waals surface area contributed by atoms with Crippen molar-refractivity contribution in [3.63, 3.8) is 0 Å². The summed E-state index contributed by atoms with van der Waals surface area (Å²) in [4.78, 5) is 27.0. The summed E-state index contributed by atoms with van der Waals surface area (Å²) in [7, 11) is 0. The molecular weight excluding hydrogens is 244 g/mol. The number of aromatic nitrogens is 1. The van der Waals surface area contributed by atoms with Gasteiger partial charge in [0.1, 0.15) is 11.2 Å². The largest absolute Gasteiger partial charge is 0.412 e. The molecule has 2 rings (SSSR count). The Morgan fingerprint density at radius 3 is 2.74 bits per heavy atom. The molecule has 1 N–H and O–H groups in total. The molecule has 0 aliphatic rings. The number of Topliss-reactive ketones (excluding diaryl/α,β-unsaturated/α-hetero) is 1. The van der Waals surface area contributed by atoms with E-state index in [4.69, 9.17) is 4.74 Å². The molecule has 0 saturated carbocycles. The fraction of sp³-hybridized carbons (Fsp3) is 0.214. The fourth-order valence-corrected chi connectivity index (χ4v) is 1.68. The molecule has 19 heavy (non-hydrogen) atoms. The number of ketones is 1. The van der Waals surface area contributed by atoms with Crippen molar-refractivity contribution in [2.75, 3.05) is 6.54 Å². The van der Waals surface area contributed by atoms with Gasteiger partial charge in [0.05, 0.1) is 0 Å². The van der Waals surface area contributed by atoms with Crippen LogP contribution >= 0.6 is 0 Å². The number of rotatable bonds is 3. The van der Waals surface area contributed by atoms with Crippen molar-refractivity contribution in [3.8, 4) is 5.75 Å². The molecule has 5 nitrogen and oxygen atoms in total. The minimum atomic E-state index is -0.537. The zero-order valence-corrected chi connectivity index (χ0v) is 10.8. The lowest BCUT2D eigenvalue weighted by atomic mass is 10.1. The molecule has 0 fully saturated rings. The van der Waals surface area contributed by atoms with Gasteiger partial charge in [-0.1, -0.05) is 18.2 Å². The molecule has 1 aromatic heterocycles. The molecule has 0 unspecified atom stereocenters. The third-order valence-corrected chi connectivity index (χ3v) is 2.57. The Morgan fingerprint density at radius 1 is 1.26 bits per heavy atom. The third kappa shape index (κ3) is 2.88. The molecule has 0 aliphatic carbocycles. The standard InChI is InChI=1S/C14H14N2O3/c1-3-15-14(18)19-12-6-4-5-10-7-8-11(9(2)17)16-13(10)12/h4-8H,3H2,1-2H3,(H,15,18). The van der Waals surface area contributed by atoms with Crippen LogP contribution in [0.15, 0.2) is 30.3 Å². The number of para-hydroxylation sites is 1. The van der Waals surface area contributed by atoms with Gasteiger partial charge in [0.25, 0.3) is 0 Å². The highest BCUT2D eigenvalue weighted by Crippen LogP contribution is 2.24. The normalized spacial score (nSPS) is 10.2. The highest BCUT2D eigenvalue weighted by Gasteiger charge is 2.10. The van der Waals surface area contributed by atoms with Gasteiger partial charge in [-0.05, 0) is 19.1 Å². The zero-order chi connectivity index (χ0) is 13.8. The summed E-state index contributed by atoms with van der Waals surface area (Å²) in [5.41, 5.74) is 0.848. The van der Waals surface area contributed by atoms with Gasteiger partial charge in [0.15, 0.2) is 11.5 Å². The molecule has 0 spiro atoms. The molecule has 2 aromatic rings. The van der Waals surface area contributed by atoms with Crippen LogP contribution in [0, 0.1) is 0 Å². The van der Waals surface area contributed by atoms with E-state index in [1.807, 2.05) is 6.07 Å². The number of ether oxygens (including phenoxy) is 1. The first-order valence-corrected chi connectivity index (χ1v) is 5.98. The van der Waals surface area contributed by atoms with Gasteiger partial charge < -0.3 is 10.1 Å². The average Bonchev–Trinajstić information content (AvgIpc) is 2.38. The Hall–Kier alpha value is -2.43. The predicted molar refractivity (Wildman–Crippen MR) is 71.4 cm³/mol. The Morgan fingerprint density at radius 2 is 2.05 bits per heavy atom. The van der Waals surface area contributed by atoms with E-state index in [-0.39, 0.29) is 5.78 Å². The van der Waals surface area contributed by atoms with E-state index >= 15 is 0 Å². The summed E-state index contributed by atoms with van der Waals surface area (Å²) in [6, 6.07) is 8.70. The second kappa shape index (κ2) is 5.48. The first kappa shape index (κ1) is 13.0. The van der Waals surface area contributed by atoms with Gasteiger partial charge in [-0.2, -0.15) is 0 Å². The summed E-state index contributed by atoms with van der Waals surface area (Å²) in [6.07, 6.45) is -0.537. The van der Waals surface area contributed by atoms with Crippen molar-refractivity contribution in [2.24, 2.45) is 0 Å². The Bertz CT molecular complexity index is 638. The van der Waals surface area contributed by atoms with Crippen LogP contribution in [0.5, 0.6) is 5.75 Å². The van der Waals surface area contributed by atoms with Crippen LogP contribution < -0.4 is 10.1 Å². The maximum absolute atomic E-state index is 11.4. The minimum Gasteiger partial charge on any atom is -0.408 e. The van der Waals surface area contributed by atoms with E-state index in [1.54, 1.807) is 31.2 Å². The Balaban J connectivity index is 2.45. The van der Waals surface area contributed by atoms with Gasteiger partial charge >= 0.3 is 6.09 Å². The Labute approximate surface area is 110 Å². The van der Waals surface area contributed by atoms with E-state index in [0.717, 1.165) is 5.39 Å². The highest BCUT2D eigenvalue weighted by atomic mass is 16.6. The number of amides is 1. The van der Waals surface area contributed by atoms with Crippen LogP contribution in [0.4, 0.5) is 4.79 Å². The molecule has 1 aromatic carbocycles. The molecule has 0 atom stereocenters. The second-order valence-electron chi connectivity index (χ2n) is 4.00. The highest BCUT2D eigenvalue weighted by molar-refractivity contribution is 5.96. The summed E-state index contributed by atoms with van der Waals surface area (Å²) in [5.74, 6) is 0.210. The van der Waals surface area contributed by atoms with Gasteiger partial charge in [-0.15, -0.1) is 0 Å². The van der Waals surface area contributed by atoms with E-state index in [9.17, 15) is 9.59 Å². The number of hydrogen-bond acceptors (Lipinski definition) is 4. The molecular formula is C14H14N2O3. The van der Waals surface area contributed by atoms with Crippen molar-refractivity contribution in [3.05, 3.63) is 36.0 Å². The van der Waals surface area contributed by atoms with Crippen molar-refractivity contribution < 1.29 is 14.3 Å². The number of carbonyl (C=O) groups excluding carboxylic acids is 2. The van der Waals surface area contributed by atoms with Crippen LogP contribution in [0.3, 0.4) is 0 Å². The van der Waals surface area contributed by atoms with Crippen molar-refractivity contribution in [1.29, 1.82) is 0 Å². The lowest BCUT2D eigenvalue weighted by Gasteiger charge is -2.08. The average molecular weight is 258 g/mol. The molecule has 98 valence electrons. The molecule has 0 saturated heterocycles. The van der Waals surface area contributed by atoms with E-state index in [1.165, 1.54) is 6.92 Å². The third-order valence-electron chi connectivity index (χ3n) is 2.57.